The molecule has 3 aromatic rings. The van der Waals surface area contributed by atoms with E-state index in [-0.39, 0.29) is 5.82 Å². The first-order chi connectivity index (χ1) is 13.2. The Hall–Kier alpha value is -2.92. The first kappa shape index (κ1) is 17.5. The van der Waals surface area contributed by atoms with E-state index in [9.17, 15) is 4.39 Å². The molecule has 0 N–H and O–H groups in total. The van der Waals surface area contributed by atoms with Crippen LogP contribution in [0.5, 0.6) is 0 Å². The molecule has 134 valence electrons. The summed E-state index contributed by atoms with van der Waals surface area (Å²) >= 11 is 0. The quantitative estimate of drug-likeness (QED) is 0.367. The molecule has 4 rings (SSSR count). The Morgan fingerprint density at radius 2 is 1.63 bits per heavy atom. The first-order valence-corrected chi connectivity index (χ1v) is 9.64. The van der Waals surface area contributed by atoms with Crippen LogP contribution in [0, 0.1) is 17.1 Å². The highest BCUT2D eigenvalue weighted by molar-refractivity contribution is 5.80. The van der Waals surface area contributed by atoms with Crippen LogP contribution in [0.3, 0.4) is 0 Å². The summed E-state index contributed by atoms with van der Waals surface area (Å²) in [7, 11) is 0. The zero-order valence-corrected chi connectivity index (χ0v) is 15.6. The van der Waals surface area contributed by atoms with E-state index >= 15 is 0 Å². The lowest BCUT2D eigenvalue weighted by atomic mass is 9.98. The monoisotopic (exact) mass is 355 g/mol. The molecule has 0 fully saturated rings. The van der Waals surface area contributed by atoms with Crippen LogP contribution in [0.2, 0.25) is 0 Å². The fourth-order valence-corrected chi connectivity index (χ4v) is 3.95. The van der Waals surface area contributed by atoms with Gasteiger partial charge in [0.25, 0.3) is 0 Å². The van der Waals surface area contributed by atoms with Gasteiger partial charge in [0.1, 0.15) is 5.82 Å². The molecule has 0 radical (unpaired) electrons. The summed E-state index contributed by atoms with van der Waals surface area (Å²) < 4.78 is 14.6. The molecule has 0 heterocycles. The molecule has 0 saturated heterocycles. The van der Waals surface area contributed by atoms with E-state index in [0.29, 0.717) is 5.56 Å². The third-order valence-electron chi connectivity index (χ3n) is 5.45. The van der Waals surface area contributed by atoms with Crippen molar-refractivity contribution in [2.24, 2.45) is 0 Å². The maximum Gasteiger partial charge on any atom is 0.127 e. The second-order valence-electron chi connectivity index (χ2n) is 7.30. The SMILES string of the molecule is CCCCCc1cc2c(cc1F)-c1ccc(-c3ccc(C#N)cc3)cc1C2. The highest BCUT2D eigenvalue weighted by Crippen LogP contribution is 2.40. The van der Waals surface area contributed by atoms with Gasteiger partial charge >= 0.3 is 0 Å². The molecule has 1 aliphatic rings. The normalized spacial score (nSPS) is 11.7. The van der Waals surface area contributed by atoms with Crippen LogP contribution in [0.15, 0.2) is 54.6 Å². The van der Waals surface area contributed by atoms with Crippen LogP contribution >= 0.6 is 0 Å². The molecule has 0 unspecified atom stereocenters. The van der Waals surface area contributed by atoms with Crippen molar-refractivity contribution >= 4 is 0 Å². The molecule has 0 aromatic heterocycles. The highest BCUT2D eigenvalue weighted by atomic mass is 19.1. The molecule has 0 aliphatic heterocycles. The summed E-state index contributed by atoms with van der Waals surface area (Å²) in [5.74, 6) is -0.0751. The van der Waals surface area contributed by atoms with Gasteiger partial charge in [-0.25, -0.2) is 4.39 Å². The molecule has 3 aromatic carbocycles. The second kappa shape index (κ2) is 7.37. The van der Waals surface area contributed by atoms with Crippen LogP contribution < -0.4 is 0 Å². The van der Waals surface area contributed by atoms with Crippen LogP contribution in [0.1, 0.15) is 48.4 Å². The first-order valence-electron chi connectivity index (χ1n) is 9.64. The lowest BCUT2D eigenvalue weighted by molar-refractivity contribution is 0.598. The fraction of sp³-hybridized carbons (Fsp3) is 0.240. The number of unbranched alkanes of at least 4 members (excludes halogenated alkanes) is 2. The largest absolute Gasteiger partial charge is 0.207 e. The van der Waals surface area contributed by atoms with Crippen molar-refractivity contribution in [2.75, 3.05) is 0 Å². The van der Waals surface area contributed by atoms with Gasteiger partial charge in [-0.2, -0.15) is 5.26 Å². The van der Waals surface area contributed by atoms with E-state index in [1.165, 1.54) is 11.1 Å². The third-order valence-corrected chi connectivity index (χ3v) is 5.45. The maximum absolute atomic E-state index is 14.6. The average molecular weight is 355 g/mol. The van der Waals surface area contributed by atoms with Gasteiger partial charge in [0, 0.05) is 0 Å². The van der Waals surface area contributed by atoms with Crippen molar-refractivity contribution in [1.82, 2.24) is 0 Å². The van der Waals surface area contributed by atoms with Crippen molar-refractivity contribution in [3.8, 4) is 28.3 Å². The third kappa shape index (κ3) is 3.38. The average Bonchev–Trinajstić information content (AvgIpc) is 3.05. The number of hydrogen-bond acceptors (Lipinski definition) is 1. The minimum absolute atomic E-state index is 0.0751. The molecule has 0 spiro atoms. The van der Waals surface area contributed by atoms with E-state index in [0.717, 1.165) is 59.9 Å². The van der Waals surface area contributed by atoms with Gasteiger partial charge in [-0.3, -0.25) is 0 Å². The predicted molar refractivity (Wildman–Crippen MR) is 108 cm³/mol. The number of fused-ring (bicyclic) bond motifs is 3. The number of aryl methyl sites for hydroxylation is 1. The minimum Gasteiger partial charge on any atom is -0.207 e. The Bertz CT molecular complexity index is 1030. The molecule has 2 heteroatoms. The molecule has 0 atom stereocenters. The van der Waals surface area contributed by atoms with E-state index in [2.05, 4.69) is 37.3 Å². The topological polar surface area (TPSA) is 23.8 Å². The summed E-state index contributed by atoms with van der Waals surface area (Å²) in [4.78, 5) is 0. The van der Waals surface area contributed by atoms with Crippen molar-refractivity contribution in [3.63, 3.8) is 0 Å². The Kier molecular flexibility index (Phi) is 4.77. The highest BCUT2D eigenvalue weighted by Gasteiger charge is 2.21. The summed E-state index contributed by atoms with van der Waals surface area (Å²) in [6.45, 7) is 2.17. The number of nitrogens with zero attached hydrogens (tertiary/aromatic N) is 1. The lowest BCUT2D eigenvalue weighted by Crippen LogP contribution is -1.94. The van der Waals surface area contributed by atoms with Crippen LogP contribution in [0.4, 0.5) is 4.39 Å². The van der Waals surface area contributed by atoms with Crippen LogP contribution in [-0.4, -0.2) is 0 Å². The zero-order valence-electron chi connectivity index (χ0n) is 15.6. The Morgan fingerprint density at radius 1 is 0.889 bits per heavy atom. The molecule has 1 aliphatic carbocycles. The van der Waals surface area contributed by atoms with Gasteiger partial charge in [0.15, 0.2) is 0 Å². The maximum atomic E-state index is 14.6. The van der Waals surface area contributed by atoms with E-state index in [1.54, 1.807) is 6.07 Å². The van der Waals surface area contributed by atoms with Crippen LogP contribution in [-0.2, 0) is 12.8 Å². The standard InChI is InChI=1S/C25H22FN/c1-2-3-4-5-20-13-22-14-21-12-19(18-8-6-17(16-27)7-9-18)10-11-23(21)24(22)15-25(20)26/h6-13,15H,2-5,14H2,1H3. The Morgan fingerprint density at radius 3 is 2.37 bits per heavy atom. The summed E-state index contributed by atoms with van der Waals surface area (Å²) in [5.41, 5.74) is 8.40. The van der Waals surface area contributed by atoms with Gasteiger partial charge in [-0.1, -0.05) is 56.2 Å². The number of rotatable bonds is 5. The van der Waals surface area contributed by atoms with Gasteiger partial charge in [-0.15, -0.1) is 0 Å². The molecule has 0 amide bonds. The van der Waals surface area contributed by atoms with Crippen LogP contribution in [0.25, 0.3) is 22.3 Å². The Balaban J connectivity index is 1.64. The molecule has 27 heavy (non-hydrogen) atoms. The number of hydrogen-bond donors (Lipinski definition) is 0. The fourth-order valence-electron chi connectivity index (χ4n) is 3.95. The van der Waals surface area contributed by atoms with Crippen molar-refractivity contribution < 1.29 is 4.39 Å². The number of nitriles is 1. The Labute approximate surface area is 160 Å². The minimum atomic E-state index is -0.0751. The van der Waals surface area contributed by atoms with E-state index in [1.807, 2.05) is 24.3 Å². The van der Waals surface area contributed by atoms with Gasteiger partial charge < -0.3 is 0 Å². The summed E-state index contributed by atoms with van der Waals surface area (Å²) in [5, 5.41) is 8.96. The molecule has 1 nitrogen and oxygen atoms in total. The van der Waals surface area contributed by atoms with E-state index < -0.39 is 0 Å². The van der Waals surface area contributed by atoms with Crippen molar-refractivity contribution in [1.29, 1.82) is 5.26 Å². The molecular formula is C25H22FN. The molecule has 0 bridgehead atoms. The molecular weight excluding hydrogens is 333 g/mol. The van der Waals surface area contributed by atoms with E-state index in [4.69, 9.17) is 5.26 Å². The zero-order chi connectivity index (χ0) is 18.8. The predicted octanol–water partition coefficient (Wildman–Crippen LogP) is 6.67. The lowest BCUT2D eigenvalue weighted by Gasteiger charge is -2.08. The van der Waals surface area contributed by atoms with Crippen molar-refractivity contribution in [2.45, 2.75) is 39.0 Å². The van der Waals surface area contributed by atoms with Crippen molar-refractivity contribution in [3.05, 3.63) is 82.7 Å². The summed E-state index contributed by atoms with van der Waals surface area (Å²) in [6.07, 6.45) is 5.01. The molecule has 0 saturated carbocycles. The smallest absolute Gasteiger partial charge is 0.127 e. The van der Waals surface area contributed by atoms with Gasteiger partial charge in [0.05, 0.1) is 11.6 Å². The van der Waals surface area contributed by atoms with Gasteiger partial charge in [-0.05, 0) is 76.4 Å². The number of halogens is 1. The van der Waals surface area contributed by atoms with Gasteiger partial charge in [0.2, 0.25) is 0 Å². The second-order valence-corrected chi connectivity index (χ2v) is 7.30. The number of benzene rings is 3. The summed E-state index contributed by atoms with van der Waals surface area (Å²) in [6, 6.07) is 20.0.